The molecule has 0 radical (unpaired) electrons. The number of carbonyl (C=O) groups is 2. The Morgan fingerprint density at radius 2 is 1.62 bits per heavy atom. The summed E-state index contributed by atoms with van der Waals surface area (Å²) in [6, 6.07) is 8.00. The van der Waals surface area contributed by atoms with Crippen LogP contribution in [0.4, 0.5) is 4.79 Å². The van der Waals surface area contributed by atoms with Gasteiger partial charge >= 0.3 is 0 Å². The van der Waals surface area contributed by atoms with Crippen LogP contribution in [0, 0.1) is 6.92 Å². The van der Waals surface area contributed by atoms with E-state index >= 15 is 0 Å². The van der Waals surface area contributed by atoms with Crippen molar-refractivity contribution in [3.05, 3.63) is 46.5 Å². The Morgan fingerprint density at radius 1 is 1.00 bits per heavy atom. The van der Waals surface area contributed by atoms with Crippen LogP contribution in [0.3, 0.4) is 0 Å². The number of hydrogen-bond acceptors (Lipinski definition) is 5. The molecule has 6 heteroatoms. The van der Waals surface area contributed by atoms with Gasteiger partial charge in [-0.05, 0) is 65.0 Å². The fraction of sp³-hybridized carbons (Fsp3) is 0.462. The van der Waals surface area contributed by atoms with E-state index in [4.69, 9.17) is 4.74 Å². The van der Waals surface area contributed by atoms with Crippen LogP contribution < -0.4 is 4.74 Å². The minimum Gasteiger partial charge on any atom is -0.507 e. The molecule has 2 aromatic rings. The SMILES string of the molecule is COc1cc(O)c(CN2C(=O)CSC2=O)cc1-c1cc2c(cc1C)C(C)(C)CCC2(C)C. The third-order valence-electron chi connectivity index (χ3n) is 7.06. The van der Waals surface area contributed by atoms with Crippen molar-refractivity contribution >= 4 is 22.9 Å². The first-order valence-corrected chi connectivity index (χ1v) is 12.0. The van der Waals surface area contributed by atoms with E-state index in [9.17, 15) is 14.7 Å². The van der Waals surface area contributed by atoms with Crippen LogP contribution in [0.1, 0.15) is 62.8 Å². The Balaban J connectivity index is 1.86. The zero-order valence-electron chi connectivity index (χ0n) is 19.7. The third-order valence-corrected chi connectivity index (χ3v) is 7.92. The summed E-state index contributed by atoms with van der Waals surface area (Å²) < 4.78 is 5.63. The fourth-order valence-electron chi connectivity index (χ4n) is 4.84. The van der Waals surface area contributed by atoms with Crippen molar-refractivity contribution in [3.63, 3.8) is 0 Å². The largest absolute Gasteiger partial charge is 0.507 e. The molecule has 2 aromatic carbocycles. The maximum absolute atomic E-state index is 12.1. The average Bonchev–Trinajstić information content (AvgIpc) is 3.04. The van der Waals surface area contributed by atoms with Gasteiger partial charge in [0.05, 0.1) is 19.4 Å². The Labute approximate surface area is 194 Å². The first kappa shape index (κ1) is 22.7. The number of aryl methyl sites for hydroxylation is 1. The number of aromatic hydroxyl groups is 1. The number of phenolic OH excluding ortho intramolecular Hbond substituents is 1. The Morgan fingerprint density at radius 3 is 2.19 bits per heavy atom. The molecule has 5 nitrogen and oxygen atoms in total. The maximum Gasteiger partial charge on any atom is 0.289 e. The number of ether oxygens (including phenoxy) is 1. The number of methoxy groups -OCH3 is 1. The normalized spacial score (nSPS) is 19.2. The highest BCUT2D eigenvalue weighted by Gasteiger charge is 2.38. The number of amides is 2. The molecule has 1 aliphatic carbocycles. The molecule has 1 aliphatic heterocycles. The van der Waals surface area contributed by atoms with Crippen LogP contribution in [0.2, 0.25) is 0 Å². The van der Waals surface area contributed by atoms with Crippen molar-refractivity contribution in [2.75, 3.05) is 12.9 Å². The van der Waals surface area contributed by atoms with E-state index < -0.39 is 0 Å². The van der Waals surface area contributed by atoms with Gasteiger partial charge in [0.2, 0.25) is 5.91 Å². The van der Waals surface area contributed by atoms with Crippen molar-refractivity contribution in [3.8, 4) is 22.6 Å². The van der Waals surface area contributed by atoms with Gasteiger partial charge in [0.1, 0.15) is 11.5 Å². The van der Waals surface area contributed by atoms with Gasteiger partial charge in [0, 0.05) is 17.2 Å². The second-order valence-electron chi connectivity index (χ2n) is 10.2. The van der Waals surface area contributed by atoms with Gasteiger partial charge in [0.25, 0.3) is 5.24 Å². The van der Waals surface area contributed by atoms with Gasteiger partial charge in [-0.25, -0.2) is 0 Å². The lowest BCUT2D eigenvalue weighted by Gasteiger charge is -2.42. The fourth-order valence-corrected chi connectivity index (χ4v) is 5.56. The highest BCUT2D eigenvalue weighted by molar-refractivity contribution is 8.14. The van der Waals surface area contributed by atoms with E-state index in [1.807, 2.05) is 6.07 Å². The van der Waals surface area contributed by atoms with E-state index in [-0.39, 0.29) is 40.0 Å². The van der Waals surface area contributed by atoms with E-state index in [1.165, 1.54) is 16.0 Å². The van der Waals surface area contributed by atoms with Gasteiger partial charge < -0.3 is 9.84 Å². The molecular weight excluding hydrogens is 422 g/mol. The van der Waals surface area contributed by atoms with Gasteiger partial charge in [-0.2, -0.15) is 0 Å². The number of imide groups is 1. The molecule has 2 aliphatic rings. The molecule has 0 saturated carbocycles. The van der Waals surface area contributed by atoms with Crippen LogP contribution in [0.5, 0.6) is 11.5 Å². The summed E-state index contributed by atoms with van der Waals surface area (Å²) in [6.45, 7) is 11.4. The third kappa shape index (κ3) is 3.79. The number of phenols is 1. The zero-order valence-corrected chi connectivity index (χ0v) is 20.5. The maximum atomic E-state index is 12.1. The van der Waals surface area contributed by atoms with Crippen molar-refractivity contribution < 1.29 is 19.4 Å². The molecule has 170 valence electrons. The van der Waals surface area contributed by atoms with E-state index in [2.05, 4.69) is 46.8 Å². The molecule has 1 heterocycles. The zero-order chi connectivity index (χ0) is 23.4. The van der Waals surface area contributed by atoms with Gasteiger partial charge in [0.15, 0.2) is 0 Å². The summed E-state index contributed by atoms with van der Waals surface area (Å²) in [6.07, 6.45) is 2.26. The Hall–Kier alpha value is -2.47. The average molecular weight is 454 g/mol. The number of benzene rings is 2. The predicted molar refractivity (Wildman–Crippen MR) is 129 cm³/mol. The molecule has 0 unspecified atom stereocenters. The van der Waals surface area contributed by atoms with E-state index in [0.29, 0.717) is 11.3 Å². The van der Waals surface area contributed by atoms with Crippen molar-refractivity contribution in [2.45, 2.75) is 64.8 Å². The number of rotatable bonds is 4. The molecule has 0 bridgehead atoms. The number of hydrogen-bond donors (Lipinski definition) is 1. The van der Waals surface area contributed by atoms with Crippen molar-refractivity contribution in [1.82, 2.24) is 4.90 Å². The van der Waals surface area contributed by atoms with Crippen molar-refractivity contribution in [1.29, 1.82) is 0 Å². The summed E-state index contributed by atoms with van der Waals surface area (Å²) in [4.78, 5) is 25.4. The van der Waals surface area contributed by atoms with Crippen LogP contribution in [-0.2, 0) is 22.2 Å². The molecule has 2 amide bonds. The summed E-state index contributed by atoms with van der Waals surface area (Å²) >= 11 is 0.995. The van der Waals surface area contributed by atoms with E-state index in [1.54, 1.807) is 13.2 Å². The summed E-state index contributed by atoms with van der Waals surface area (Å²) in [7, 11) is 1.59. The first-order valence-electron chi connectivity index (χ1n) is 11.0. The quantitative estimate of drug-likeness (QED) is 0.622. The minimum absolute atomic E-state index is 0.0141. The summed E-state index contributed by atoms with van der Waals surface area (Å²) in [5, 5.41) is 10.3. The minimum atomic E-state index is -0.277. The van der Waals surface area contributed by atoms with Gasteiger partial charge in [-0.15, -0.1) is 0 Å². The van der Waals surface area contributed by atoms with Gasteiger partial charge in [-0.3, -0.25) is 14.5 Å². The molecular formula is C26H31NO4S. The van der Waals surface area contributed by atoms with E-state index in [0.717, 1.165) is 41.3 Å². The lowest BCUT2D eigenvalue weighted by Crippen LogP contribution is -2.34. The molecule has 32 heavy (non-hydrogen) atoms. The smallest absolute Gasteiger partial charge is 0.289 e. The number of thioether (sulfide) groups is 1. The van der Waals surface area contributed by atoms with Crippen LogP contribution in [0.15, 0.2) is 24.3 Å². The molecule has 0 atom stereocenters. The van der Waals surface area contributed by atoms with Crippen LogP contribution >= 0.6 is 11.8 Å². The lowest BCUT2D eigenvalue weighted by atomic mass is 9.62. The monoisotopic (exact) mass is 453 g/mol. The van der Waals surface area contributed by atoms with Crippen LogP contribution in [-0.4, -0.2) is 34.0 Å². The predicted octanol–water partition coefficient (Wildman–Crippen LogP) is 5.92. The Bertz CT molecular complexity index is 1100. The summed E-state index contributed by atoms with van der Waals surface area (Å²) in [5.41, 5.74) is 6.46. The number of carbonyl (C=O) groups excluding carboxylic acids is 2. The summed E-state index contributed by atoms with van der Waals surface area (Å²) in [5.74, 6) is 0.499. The molecule has 1 fully saturated rings. The number of fused-ring (bicyclic) bond motifs is 1. The lowest BCUT2D eigenvalue weighted by molar-refractivity contribution is -0.125. The van der Waals surface area contributed by atoms with Crippen LogP contribution in [0.25, 0.3) is 11.1 Å². The second kappa shape index (κ2) is 7.84. The second-order valence-corrected chi connectivity index (χ2v) is 11.1. The topological polar surface area (TPSA) is 66.8 Å². The Kier molecular flexibility index (Phi) is 5.56. The molecule has 4 rings (SSSR count). The highest BCUT2D eigenvalue weighted by Crippen LogP contribution is 2.49. The molecule has 0 aromatic heterocycles. The highest BCUT2D eigenvalue weighted by atomic mass is 32.2. The molecule has 1 saturated heterocycles. The first-order chi connectivity index (χ1) is 14.9. The number of nitrogens with zero attached hydrogens (tertiary/aromatic N) is 1. The molecule has 0 spiro atoms. The van der Waals surface area contributed by atoms with Gasteiger partial charge in [-0.1, -0.05) is 45.5 Å². The standard InChI is InChI=1S/C26H31NO4S/c1-15-9-19-20(26(4,5)8-7-25(19,2)3)11-17(15)18-10-16(21(28)12-22(18)31-6)13-27-23(29)14-32-24(27)30/h9-12,28H,7-8,13-14H2,1-6H3. The van der Waals surface area contributed by atoms with Crippen molar-refractivity contribution in [2.24, 2.45) is 0 Å². The molecule has 1 N–H and O–H groups in total.